The van der Waals surface area contributed by atoms with Crippen LogP contribution < -0.4 is 0 Å². The quantitative estimate of drug-likeness (QED) is 0.738. The summed E-state index contributed by atoms with van der Waals surface area (Å²) in [5, 5.41) is 0. The Balaban J connectivity index is 2.18. The Morgan fingerprint density at radius 3 is 2.38 bits per heavy atom. The Kier molecular flexibility index (Phi) is 5.76. The van der Waals surface area contributed by atoms with Gasteiger partial charge in [-0.25, -0.2) is 0 Å². The third kappa shape index (κ3) is 5.56. The van der Waals surface area contributed by atoms with Crippen molar-refractivity contribution in [2.45, 2.75) is 13.3 Å². The maximum Gasteiger partial charge on any atom is 0.302 e. The van der Waals surface area contributed by atoms with Gasteiger partial charge in [0.15, 0.2) is 0 Å². The molecule has 0 fully saturated rings. The highest BCUT2D eigenvalue weighted by Gasteiger charge is 2.03. The van der Waals surface area contributed by atoms with Crippen LogP contribution in [0, 0.1) is 0 Å². The van der Waals surface area contributed by atoms with E-state index in [0.717, 1.165) is 22.0 Å². The molecule has 0 saturated carbocycles. The zero-order valence-corrected chi connectivity index (χ0v) is 13.5. The number of carbonyl (C=O) groups excluding carboxylic acids is 1. The van der Waals surface area contributed by atoms with Crippen molar-refractivity contribution in [1.29, 1.82) is 0 Å². The first-order valence-electron chi connectivity index (χ1n) is 6.76. The maximum atomic E-state index is 11.0. The molecule has 2 aromatic rings. The number of hydrogen-bond acceptors (Lipinski definition) is 2. The van der Waals surface area contributed by atoms with Crippen molar-refractivity contribution in [2.24, 2.45) is 0 Å². The highest BCUT2D eigenvalue weighted by atomic mass is 79.9. The number of rotatable bonds is 5. The molecule has 108 valence electrons. The summed E-state index contributed by atoms with van der Waals surface area (Å²) in [5.41, 5.74) is 3.36. The van der Waals surface area contributed by atoms with Gasteiger partial charge in [0.1, 0.15) is 6.61 Å². The van der Waals surface area contributed by atoms with Crippen LogP contribution in [-0.2, 0) is 16.0 Å². The molecule has 2 rings (SSSR count). The Morgan fingerprint density at radius 2 is 1.76 bits per heavy atom. The molecule has 2 nitrogen and oxygen atoms in total. The molecule has 0 aliphatic heterocycles. The number of halogens is 1. The Bertz CT molecular complexity index is 615. The fraction of sp³-hybridized carbons (Fsp3) is 0.167. The van der Waals surface area contributed by atoms with E-state index in [0.29, 0.717) is 6.61 Å². The summed E-state index contributed by atoms with van der Waals surface area (Å²) in [4.78, 5) is 11.0. The third-order valence-electron chi connectivity index (χ3n) is 2.98. The first kappa shape index (κ1) is 15.5. The van der Waals surface area contributed by atoms with Gasteiger partial charge in [0.25, 0.3) is 0 Å². The molecule has 0 aromatic heterocycles. The van der Waals surface area contributed by atoms with Crippen LogP contribution in [0.2, 0.25) is 0 Å². The lowest BCUT2D eigenvalue weighted by Gasteiger charge is -2.09. The molecule has 0 atom stereocenters. The van der Waals surface area contributed by atoms with Gasteiger partial charge in [-0.2, -0.15) is 0 Å². The van der Waals surface area contributed by atoms with Crippen molar-refractivity contribution in [1.82, 2.24) is 0 Å². The summed E-state index contributed by atoms with van der Waals surface area (Å²) in [6.45, 7) is 1.75. The Morgan fingerprint density at radius 1 is 1.10 bits per heavy atom. The van der Waals surface area contributed by atoms with E-state index in [1.807, 2.05) is 42.5 Å². The molecule has 0 aliphatic carbocycles. The molecule has 0 spiro atoms. The standard InChI is InChI=1S/C18H17BrO2/c1-14(20)21-13-17(11-15-5-3-2-4-6-15)12-16-7-9-18(19)10-8-16/h2-10,12H,11,13H2,1H3. The highest BCUT2D eigenvalue weighted by Crippen LogP contribution is 2.16. The highest BCUT2D eigenvalue weighted by molar-refractivity contribution is 9.10. The van der Waals surface area contributed by atoms with E-state index in [1.54, 1.807) is 0 Å². The summed E-state index contributed by atoms with van der Waals surface area (Å²) in [5.74, 6) is -0.259. The van der Waals surface area contributed by atoms with Crippen LogP contribution in [0.4, 0.5) is 0 Å². The predicted molar refractivity (Wildman–Crippen MR) is 88.9 cm³/mol. The van der Waals surface area contributed by atoms with E-state index in [4.69, 9.17) is 4.74 Å². The largest absolute Gasteiger partial charge is 0.461 e. The lowest BCUT2D eigenvalue weighted by Crippen LogP contribution is -2.05. The van der Waals surface area contributed by atoms with Gasteiger partial charge >= 0.3 is 5.97 Å². The second-order valence-electron chi connectivity index (χ2n) is 4.80. The van der Waals surface area contributed by atoms with Crippen LogP contribution in [0.15, 0.2) is 64.6 Å². The SMILES string of the molecule is CC(=O)OCC(=Cc1ccc(Br)cc1)Cc1ccccc1. The summed E-state index contributed by atoms with van der Waals surface area (Å²) in [7, 11) is 0. The number of ether oxygens (including phenoxy) is 1. The molecule has 2 aromatic carbocycles. The van der Waals surface area contributed by atoms with E-state index in [1.165, 1.54) is 12.5 Å². The summed E-state index contributed by atoms with van der Waals surface area (Å²) in [6.07, 6.45) is 2.84. The van der Waals surface area contributed by atoms with Crippen LogP contribution in [0.25, 0.3) is 6.08 Å². The first-order valence-corrected chi connectivity index (χ1v) is 7.55. The maximum absolute atomic E-state index is 11.0. The van der Waals surface area contributed by atoms with Gasteiger partial charge in [-0.05, 0) is 35.3 Å². The van der Waals surface area contributed by atoms with Gasteiger partial charge in [0.2, 0.25) is 0 Å². The second-order valence-corrected chi connectivity index (χ2v) is 5.71. The van der Waals surface area contributed by atoms with Crippen molar-refractivity contribution < 1.29 is 9.53 Å². The molecule has 0 heterocycles. The average Bonchev–Trinajstić information content (AvgIpc) is 2.48. The fourth-order valence-corrected chi connectivity index (χ4v) is 2.26. The van der Waals surface area contributed by atoms with Crippen LogP contribution in [0.5, 0.6) is 0 Å². The number of esters is 1. The van der Waals surface area contributed by atoms with Crippen molar-refractivity contribution in [3.63, 3.8) is 0 Å². The smallest absolute Gasteiger partial charge is 0.302 e. The first-order chi connectivity index (χ1) is 10.1. The second kappa shape index (κ2) is 7.79. The average molecular weight is 345 g/mol. The van der Waals surface area contributed by atoms with Gasteiger partial charge < -0.3 is 4.74 Å². The van der Waals surface area contributed by atoms with Crippen LogP contribution >= 0.6 is 15.9 Å². The van der Waals surface area contributed by atoms with Crippen LogP contribution in [0.1, 0.15) is 18.1 Å². The van der Waals surface area contributed by atoms with Crippen molar-refractivity contribution in [2.75, 3.05) is 6.61 Å². The van der Waals surface area contributed by atoms with E-state index in [2.05, 4.69) is 34.1 Å². The molecule has 3 heteroatoms. The lowest BCUT2D eigenvalue weighted by molar-refractivity contribution is -0.139. The Labute approximate surface area is 133 Å². The Hall–Kier alpha value is -1.87. The molecule has 21 heavy (non-hydrogen) atoms. The zero-order chi connectivity index (χ0) is 15.1. The molecule has 0 aliphatic rings. The normalized spacial score (nSPS) is 11.2. The van der Waals surface area contributed by atoms with Gasteiger partial charge in [-0.3, -0.25) is 4.79 Å². The predicted octanol–water partition coefficient (Wildman–Crippen LogP) is 4.64. The van der Waals surface area contributed by atoms with Gasteiger partial charge in [0.05, 0.1) is 0 Å². The van der Waals surface area contributed by atoms with Gasteiger partial charge in [0, 0.05) is 11.4 Å². The summed E-state index contributed by atoms with van der Waals surface area (Å²) in [6, 6.07) is 18.2. The van der Waals surface area contributed by atoms with Crippen molar-refractivity contribution >= 4 is 28.0 Å². The van der Waals surface area contributed by atoms with Gasteiger partial charge in [-0.1, -0.05) is 64.5 Å². The van der Waals surface area contributed by atoms with E-state index >= 15 is 0 Å². The zero-order valence-electron chi connectivity index (χ0n) is 11.9. The molecule has 0 radical (unpaired) electrons. The van der Waals surface area contributed by atoms with Crippen molar-refractivity contribution in [3.8, 4) is 0 Å². The molecule has 0 bridgehead atoms. The monoisotopic (exact) mass is 344 g/mol. The number of hydrogen-bond donors (Lipinski definition) is 0. The number of carbonyl (C=O) groups is 1. The minimum absolute atomic E-state index is 0.259. The molecule has 0 amide bonds. The topological polar surface area (TPSA) is 26.3 Å². The molecular formula is C18H17BrO2. The number of benzene rings is 2. The van der Waals surface area contributed by atoms with E-state index in [-0.39, 0.29) is 5.97 Å². The summed E-state index contributed by atoms with van der Waals surface area (Å²) < 4.78 is 6.20. The molecule has 0 N–H and O–H groups in total. The van der Waals surface area contributed by atoms with E-state index in [9.17, 15) is 4.79 Å². The minimum Gasteiger partial charge on any atom is -0.461 e. The molecule has 0 unspecified atom stereocenters. The lowest BCUT2D eigenvalue weighted by atomic mass is 10.0. The van der Waals surface area contributed by atoms with Crippen LogP contribution in [-0.4, -0.2) is 12.6 Å². The van der Waals surface area contributed by atoms with E-state index < -0.39 is 0 Å². The van der Waals surface area contributed by atoms with Gasteiger partial charge in [-0.15, -0.1) is 0 Å². The fourth-order valence-electron chi connectivity index (χ4n) is 1.99. The van der Waals surface area contributed by atoms with Crippen LogP contribution in [0.3, 0.4) is 0 Å². The molecular weight excluding hydrogens is 328 g/mol. The molecule has 0 saturated heterocycles. The minimum atomic E-state index is -0.259. The summed E-state index contributed by atoms with van der Waals surface area (Å²) >= 11 is 3.43. The third-order valence-corrected chi connectivity index (χ3v) is 3.50. The van der Waals surface area contributed by atoms with Crippen molar-refractivity contribution in [3.05, 3.63) is 75.8 Å².